The molecule has 0 aromatic carbocycles. The van der Waals surface area contributed by atoms with Gasteiger partial charge in [-0.25, -0.2) is 4.98 Å². The van der Waals surface area contributed by atoms with Gasteiger partial charge in [-0.2, -0.15) is 13.2 Å². The van der Waals surface area contributed by atoms with E-state index in [1.165, 1.54) is 6.07 Å². The third-order valence-corrected chi connectivity index (χ3v) is 5.65. The van der Waals surface area contributed by atoms with Gasteiger partial charge in [-0.1, -0.05) is 6.07 Å². The van der Waals surface area contributed by atoms with Crippen LogP contribution < -0.4 is 4.90 Å². The molecule has 0 spiro atoms. The van der Waals surface area contributed by atoms with Gasteiger partial charge in [0.2, 0.25) is 5.89 Å². The van der Waals surface area contributed by atoms with Crippen LogP contribution in [-0.2, 0) is 6.18 Å². The summed E-state index contributed by atoms with van der Waals surface area (Å²) in [5, 5.41) is 10.2. The van der Waals surface area contributed by atoms with Crippen molar-refractivity contribution in [3.63, 3.8) is 0 Å². The lowest BCUT2D eigenvalue weighted by atomic mass is 10.2. The number of thiophene rings is 1. The highest BCUT2D eigenvalue weighted by molar-refractivity contribution is 7.13. The van der Waals surface area contributed by atoms with Gasteiger partial charge in [-0.05, 0) is 30.5 Å². The van der Waals surface area contributed by atoms with Crippen LogP contribution in [0.3, 0.4) is 0 Å². The molecule has 3 aromatic rings. The number of piperazine rings is 1. The zero-order chi connectivity index (χ0) is 19.7. The highest BCUT2D eigenvalue weighted by Crippen LogP contribution is 2.30. The molecular weight excluding hydrogens is 391 g/mol. The van der Waals surface area contributed by atoms with Gasteiger partial charge in [0.15, 0.2) is 0 Å². The van der Waals surface area contributed by atoms with E-state index in [2.05, 4.69) is 20.1 Å². The molecule has 0 unspecified atom stereocenters. The molecule has 6 nitrogen and oxygen atoms in total. The molecule has 0 aliphatic carbocycles. The predicted octanol–water partition coefficient (Wildman–Crippen LogP) is 4.10. The fraction of sp³-hybridized carbons (Fsp3) is 0.389. The minimum Gasteiger partial charge on any atom is -0.418 e. The predicted molar refractivity (Wildman–Crippen MR) is 99.1 cm³/mol. The van der Waals surface area contributed by atoms with Gasteiger partial charge in [-0.3, -0.25) is 4.90 Å². The van der Waals surface area contributed by atoms with Crippen molar-refractivity contribution in [2.45, 2.75) is 19.1 Å². The number of rotatable bonds is 4. The Hall–Kier alpha value is -2.46. The van der Waals surface area contributed by atoms with E-state index in [9.17, 15) is 13.2 Å². The van der Waals surface area contributed by atoms with Gasteiger partial charge < -0.3 is 9.32 Å². The summed E-state index contributed by atoms with van der Waals surface area (Å²) in [5.41, 5.74) is -0.735. The number of alkyl halides is 3. The van der Waals surface area contributed by atoms with Gasteiger partial charge in [0, 0.05) is 32.4 Å². The largest absolute Gasteiger partial charge is 0.418 e. The van der Waals surface area contributed by atoms with Crippen LogP contribution in [0.5, 0.6) is 0 Å². The Balaban J connectivity index is 1.37. The van der Waals surface area contributed by atoms with Crippen molar-refractivity contribution >= 4 is 17.2 Å². The summed E-state index contributed by atoms with van der Waals surface area (Å²) in [4.78, 5) is 9.11. The van der Waals surface area contributed by atoms with E-state index in [0.29, 0.717) is 30.7 Å². The summed E-state index contributed by atoms with van der Waals surface area (Å²) in [6, 6.07) is 6.32. The lowest BCUT2D eigenvalue weighted by molar-refractivity contribution is -0.137. The minimum absolute atomic E-state index is 0.0380. The molecule has 0 amide bonds. The number of hydrogen-bond donors (Lipinski definition) is 0. The van der Waals surface area contributed by atoms with Crippen molar-refractivity contribution in [1.82, 2.24) is 20.1 Å². The van der Waals surface area contributed by atoms with Crippen molar-refractivity contribution in [3.05, 3.63) is 47.3 Å². The molecule has 0 radical (unpaired) electrons. The second-order valence-corrected chi connectivity index (χ2v) is 7.47. The highest BCUT2D eigenvalue weighted by atomic mass is 32.1. The first kappa shape index (κ1) is 18.9. The van der Waals surface area contributed by atoms with Crippen molar-refractivity contribution in [2.75, 3.05) is 31.1 Å². The average Bonchev–Trinajstić information content (AvgIpc) is 3.38. The number of hydrogen-bond acceptors (Lipinski definition) is 7. The van der Waals surface area contributed by atoms with Crippen molar-refractivity contribution < 1.29 is 17.6 Å². The Kier molecular flexibility index (Phi) is 5.07. The van der Waals surface area contributed by atoms with Gasteiger partial charge in [0.25, 0.3) is 5.89 Å². The third kappa shape index (κ3) is 3.88. The number of aromatic nitrogens is 3. The van der Waals surface area contributed by atoms with Crippen LogP contribution in [0, 0.1) is 0 Å². The molecule has 148 valence electrons. The summed E-state index contributed by atoms with van der Waals surface area (Å²) in [6.45, 7) is 4.78. The topological polar surface area (TPSA) is 58.3 Å². The van der Waals surface area contributed by atoms with E-state index in [1.54, 1.807) is 11.3 Å². The number of pyridine rings is 1. The lowest BCUT2D eigenvalue weighted by Crippen LogP contribution is -2.47. The van der Waals surface area contributed by atoms with Crippen LogP contribution >= 0.6 is 11.3 Å². The molecule has 4 rings (SSSR count). The lowest BCUT2D eigenvalue weighted by Gasteiger charge is -2.37. The summed E-state index contributed by atoms with van der Waals surface area (Å²) < 4.78 is 43.8. The van der Waals surface area contributed by atoms with Crippen molar-refractivity contribution in [3.8, 4) is 10.8 Å². The average molecular weight is 409 g/mol. The molecule has 28 heavy (non-hydrogen) atoms. The number of anilines is 1. The molecule has 0 bridgehead atoms. The molecule has 0 saturated carbocycles. The normalized spacial score (nSPS) is 17.1. The molecule has 1 aliphatic rings. The first-order valence-corrected chi connectivity index (χ1v) is 9.69. The van der Waals surface area contributed by atoms with Crippen LogP contribution in [0.2, 0.25) is 0 Å². The highest BCUT2D eigenvalue weighted by Gasteiger charge is 2.31. The van der Waals surface area contributed by atoms with Gasteiger partial charge in [0.1, 0.15) is 5.82 Å². The molecule has 1 atom stereocenters. The Morgan fingerprint density at radius 2 is 1.89 bits per heavy atom. The Morgan fingerprint density at radius 3 is 2.50 bits per heavy atom. The summed E-state index contributed by atoms with van der Waals surface area (Å²) >= 11 is 1.54. The fourth-order valence-corrected chi connectivity index (χ4v) is 3.78. The molecule has 1 saturated heterocycles. The maximum absolute atomic E-state index is 12.7. The number of halogens is 3. The Labute approximate surface area is 163 Å². The van der Waals surface area contributed by atoms with Gasteiger partial charge >= 0.3 is 6.18 Å². The monoisotopic (exact) mass is 409 g/mol. The van der Waals surface area contributed by atoms with E-state index >= 15 is 0 Å². The minimum atomic E-state index is -4.37. The van der Waals surface area contributed by atoms with Crippen LogP contribution in [-0.4, -0.2) is 46.3 Å². The molecule has 1 aliphatic heterocycles. The fourth-order valence-electron chi connectivity index (χ4n) is 3.14. The summed E-state index contributed by atoms with van der Waals surface area (Å²) in [5.74, 6) is 1.63. The molecular formula is C18H18F3N5OS. The van der Waals surface area contributed by atoms with E-state index in [1.807, 2.05) is 29.3 Å². The van der Waals surface area contributed by atoms with Gasteiger partial charge in [-0.15, -0.1) is 21.5 Å². The van der Waals surface area contributed by atoms with Crippen LogP contribution in [0.1, 0.15) is 24.4 Å². The standard InChI is InChI=1S/C18H18F3N5OS/c1-12(16-23-24-17(27-16)14-3-2-10-28-14)25-6-8-26(9-7-25)15-5-4-13(11-22-15)18(19,20)21/h2-5,10-12H,6-9H2,1H3/t12-/m0/s1. The molecule has 10 heteroatoms. The SMILES string of the molecule is C[C@@H](c1nnc(-c2cccs2)o1)N1CCN(c2ccc(C(F)(F)F)cn2)CC1. The van der Waals surface area contributed by atoms with Crippen LogP contribution in [0.15, 0.2) is 40.3 Å². The second kappa shape index (κ2) is 7.51. The molecule has 0 N–H and O–H groups in total. The maximum atomic E-state index is 12.7. The first-order valence-electron chi connectivity index (χ1n) is 8.81. The van der Waals surface area contributed by atoms with E-state index in [4.69, 9.17) is 4.42 Å². The Morgan fingerprint density at radius 1 is 1.11 bits per heavy atom. The molecule has 3 aromatic heterocycles. The van der Waals surface area contributed by atoms with Crippen LogP contribution in [0.25, 0.3) is 10.8 Å². The zero-order valence-corrected chi connectivity index (χ0v) is 15.9. The van der Waals surface area contributed by atoms with E-state index < -0.39 is 11.7 Å². The van der Waals surface area contributed by atoms with E-state index in [-0.39, 0.29) is 6.04 Å². The quantitative estimate of drug-likeness (QED) is 0.647. The van der Waals surface area contributed by atoms with Crippen LogP contribution in [0.4, 0.5) is 19.0 Å². The smallest absolute Gasteiger partial charge is 0.417 e. The number of nitrogens with zero attached hydrogens (tertiary/aromatic N) is 5. The van der Waals surface area contributed by atoms with Gasteiger partial charge in [0.05, 0.1) is 16.5 Å². The molecule has 4 heterocycles. The first-order chi connectivity index (χ1) is 13.4. The second-order valence-electron chi connectivity index (χ2n) is 6.52. The van der Waals surface area contributed by atoms with Crippen molar-refractivity contribution in [1.29, 1.82) is 0 Å². The van der Waals surface area contributed by atoms with E-state index in [0.717, 1.165) is 30.2 Å². The van der Waals surface area contributed by atoms with Crippen molar-refractivity contribution in [2.24, 2.45) is 0 Å². The molecule has 1 fully saturated rings. The maximum Gasteiger partial charge on any atom is 0.417 e. The summed E-state index contributed by atoms with van der Waals surface area (Å²) in [7, 11) is 0. The summed E-state index contributed by atoms with van der Waals surface area (Å²) in [6.07, 6.45) is -3.49. The third-order valence-electron chi connectivity index (χ3n) is 4.79. The Bertz CT molecular complexity index is 902. The zero-order valence-electron chi connectivity index (χ0n) is 15.1.